The Morgan fingerprint density at radius 3 is 0.692 bits per heavy atom. The standard InChI is InChI=1S/C76H52N2/c1-5-25-53(26-6-1)75(69-41-21-17-33-61(69)62-34-18-22-42-70(62)75)55-45-49-59(50-46-55)77(57-29-9-3-10-30-57)73-65-37-13-15-39-67(65)74(68-40-16-14-38-66(68)73)78(58-31-11-4-12-32-58)60-51-47-56(48-52-60)76(54-27-7-2-8-28-54)71-43-23-19-35-63(71)64-36-20-24-44-72(64)76/h1-52H. The first-order valence-corrected chi connectivity index (χ1v) is 27.1. The molecule has 0 unspecified atom stereocenters. The van der Waals surface area contributed by atoms with Crippen molar-refractivity contribution in [2.45, 2.75) is 10.8 Å². The van der Waals surface area contributed by atoms with Gasteiger partial charge in [-0.15, -0.1) is 0 Å². The summed E-state index contributed by atoms with van der Waals surface area (Å²) in [5, 5.41) is 4.60. The lowest BCUT2D eigenvalue weighted by molar-refractivity contribution is 0.768. The van der Waals surface area contributed by atoms with Crippen LogP contribution in [0.25, 0.3) is 43.8 Å². The van der Waals surface area contributed by atoms with E-state index in [1.54, 1.807) is 0 Å². The van der Waals surface area contributed by atoms with Crippen molar-refractivity contribution in [1.82, 2.24) is 0 Å². The van der Waals surface area contributed by atoms with Crippen LogP contribution in [-0.4, -0.2) is 0 Å². The lowest BCUT2D eigenvalue weighted by atomic mass is 9.67. The first-order valence-electron chi connectivity index (χ1n) is 27.1. The summed E-state index contributed by atoms with van der Waals surface area (Å²) in [5.41, 5.74) is 20.9. The minimum Gasteiger partial charge on any atom is -0.309 e. The maximum atomic E-state index is 2.48. The Morgan fingerprint density at radius 1 is 0.179 bits per heavy atom. The molecule has 13 aromatic rings. The van der Waals surface area contributed by atoms with Crippen molar-refractivity contribution in [1.29, 1.82) is 0 Å². The van der Waals surface area contributed by atoms with Gasteiger partial charge in [0.05, 0.1) is 22.2 Å². The van der Waals surface area contributed by atoms with Crippen molar-refractivity contribution >= 4 is 55.7 Å². The van der Waals surface area contributed by atoms with Gasteiger partial charge in [-0.3, -0.25) is 0 Å². The summed E-state index contributed by atoms with van der Waals surface area (Å²) in [7, 11) is 0. The van der Waals surface area contributed by atoms with Crippen molar-refractivity contribution in [3.8, 4) is 22.3 Å². The van der Waals surface area contributed by atoms with Crippen LogP contribution in [0.15, 0.2) is 315 Å². The summed E-state index contributed by atoms with van der Waals surface area (Å²) in [5.74, 6) is 0. The zero-order chi connectivity index (χ0) is 51.6. The molecule has 13 aromatic carbocycles. The van der Waals surface area contributed by atoms with Crippen LogP contribution in [0.3, 0.4) is 0 Å². The van der Waals surface area contributed by atoms with E-state index >= 15 is 0 Å². The van der Waals surface area contributed by atoms with Gasteiger partial charge in [0.15, 0.2) is 0 Å². The summed E-state index contributed by atoms with van der Waals surface area (Å²) in [6.45, 7) is 0. The molecule has 0 amide bonds. The van der Waals surface area contributed by atoms with Crippen LogP contribution < -0.4 is 9.80 Å². The van der Waals surface area contributed by atoms with Gasteiger partial charge in [0.25, 0.3) is 0 Å². The number of nitrogens with zero attached hydrogens (tertiary/aromatic N) is 2. The normalized spacial score (nSPS) is 13.3. The Labute approximate surface area is 456 Å². The number of para-hydroxylation sites is 2. The van der Waals surface area contributed by atoms with Crippen molar-refractivity contribution < 1.29 is 0 Å². The zero-order valence-corrected chi connectivity index (χ0v) is 42.9. The second-order valence-electron chi connectivity index (χ2n) is 20.6. The number of hydrogen-bond acceptors (Lipinski definition) is 2. The average molecular weight is 993 g/mol. The smallest absolute Gasteiger partial charge is 0.0713 e. The highest BCUT2D eigenvalue weighted by Crippen LogP contribution is 2.59. The number of fused-ring (bicyclic) bond motifs is 8. The van der Waals surface area contributed by atoms with E-state index in [0.717, 1.165) is 55.7 Å². The van der Waals surface area contributed by atoms with Gasteiger partial charge >= 0.3 is 0 Å². The fourth-order valence-corrected chi connectivity index (χ4v) is 13.7. The molecular formula is C76H52N2. The van der Waals surface area contributed by atoms with Gasteiger partial charge in [-0.05, 0) is 115 Å². The first-order chi connectivity index (χ1) is 38.7. The van der Waals surface area contributed by atoms with E-state index in [1.165, 1.54) is 66.8 Å². The number of benzene rings is 13. The minimum atomic E-state index is -0.501. The van der Waals surface area contributed by atoms with Crippen LogP contribution in [0.4, 0.5) is 34.1 Å². The van der Waals surface area contributed by atoms with Crippen molar-refractivity contribution in [2.75, 3.05) is 9.80 Å². The molecule has 0 saturated carbocycles. The van der Waals surface area contributed by atoms with E-state index in [9.17, 15) is 0 Å². The van der Waals surface area contributed by atoms with Gasteiger partial charge in [0.1, 0.15) is 0 Å². The summed E-state index contributed by atoms with van der Waals surface area (Å²) < 4.78 is 0. The van der Waals surface area contributed by atoms with E-state index < -0.39 is 10.8 Å². The summed E-state index contributed by atoms with van der Waals surface area (Å²) in [4.78, 5) is 4.96. The molecule has 0 fully saturated rings. The molecule has 366 valence electrons. The molecule has 0 heterocycles. The van der Waals surface area contributed by atoms with Crippen molar-refractivity contribution in [3.05, 3.63) is 360 Å². The topological polar surface area (TPSA) is 6.48 Å². The molecule has 2 aliphatic rings. The molecule has 0 saturated heterocycles. The zero-order valence-electron chi connectivity index (χ0n) is 42.9. The molecule has 0 aliphatic heterocycles. The van der Waals surface area contributed by atoms with Crippen LogP contribution in [0.2, 0.25) is 0 Å². The second kappa shape index (κ2) is 18.4. The van der Waals surface area contributed by atoms with Gasteiger partial charge in [0.2, 0.25) is 0 Å². The van der Waals surface area contributed by atoms with E-state index in [1.807, 2.05) is 0 Å². The van der Waals surface area contributed by atoms with E-state index in [4.69, 9.17) is 0 Å². The van der Waals surface area contributed by atoms with E-state index in [0.29, 0.717) is 0 Å². The fourth-order valence-electron chi connectivity index (χ4n) is 13.7. The molecule has 0 aromatic heterocycles. The Morgan fingerprint density at radius 2 is 0.397 bits per heavy atom. The lowest BCUT2D eigenvalue weighted by Crippen LogP contribution is -2.28. The Bertz CT molecular complexity index is 3930. The molecule has 0 radical (unpaired) electrons. The predicted octanol–water partition coefficient (Wildman–Crippen LogP) is 19.7. The molecule has 0 bridgehead atoms. The van der Waals surface area contributed by atoms with Gasteiger partial charge in [-0.2, -0.15) is 0 Å². The van der Waals surface area contributed by atoms with E-state index in [2.05, 4.69) is 325 Å². The molecular weight excluding hydrogens is 941 g/mol. The third-order valence-corrected chi connectivity index (χ3v) is 16.8. The monoisotopic (exact) mass is 992 g/mol. The van der Waals surface area contributed by atoms with Crippen LogP contribution >= 0.6 is 0 Å². The maximum absolute atomic E-state index is 2.48. The molecule has 2 heteroatoms. The third-order valence-electron chi connectivity index (χ3n) is 16.8. The molecule has 0 N–H and O–H groups in total. The average Bonchev–Trinajstić information content (AvgIpc) is 4.20. The first kappa shape index (κ1) is 45.4. The quantitative estimate of drug-likeness (QED) is 0.0995. The molecule has 0 spiro atoms. The highest BCUT2D eigenvalue weighted by atomic mass is 15.2. The van der Waals surface area contributed by atoms with Crippen LogP contribution in [0.1, 0.15) is 44.5 Å². The number of hydrogen-bond donors (Lipinski definition) is 0. The number of rotatable bonds is 10. The van der Waals surface area contributed by atoms with Crippen LogP contribution in [0, 0.1) is 0 Å². The molecule has 15 rings (SSSR count). The summed E-state index contributed by atoms with van der Waals surface area (Å²) in [6.07, 6.45) is 0. The highest BCUT2D eigenvalue weighted by molar-refractivity contribution is 6.23. The van der Waals surface area contributed by atoms with Gasteiger partial charge in [0, 0.05) is 44.3 Å². The second-order valence-corrected chi connectivity index (χ2v) is 20.6. The Hall–Kier alpha value is -10.0. The highest BCUT2D eigenvalue weighted by Gasteiger charge is 2.47. The van der Waals surface area contributed by atoms with Gasteiger partial charge in [-0.1, -0.05) is 267 Å². The maximum Gasteiger partial charge on any atom is 0.0713 e. The third kappa shape index (κ3) is 6.70. The van der Waals surface area contributed by atoms with Crippen molar-refractivity contribution in [3.63, 3.8) is 0 Å². The summed E-state index contributed by atoms with van der Waals surface area (Å²) >= 11 is 0. The fraction of sp³-hybridized carbons (Fsp3) is 0.0263. The Balaban J connectivity index is 0.928. The largest absolute Gasteiger partial charge is 0.309 e. The van der Waals surface area contributed by atoms with E-state index in [-0.39, 0.29) is 0 Å². The van der Waals surface area contributed by atoms with Gasteiger partial charge in [-0.25, -0.2) is 0 Å². The SMILES string of the molecule is c1ccc(N(c2ccc(C3(c4ccccc4)c4ccccc4-c4ccccc43)cc2)c2c3ccccc3c(N(c3ccccc3)c3ccc(C4(c5ccccc5)c5ccccc5-c5ccccc54)cc3)c3ccccc23)cc1. The van der Waals surface area contributed by atoms with Crippen LogP contribution in [0.5, 0.6) is 0 Å². The van der Waals surface area contributed by atoms with Gasteiger partial charge < -0.3 is 9.80 Å². The predicted molar refractivity (Wildman–Crippen MR) is 325 cm³/mol. The molecule has 2 nitrogen and oxygen atoms in total. The van der Waals surface area contributed by atoms with Crippen molar-refractivity contribution in [2.24, 2.45) is 0 Å². The molecule has 78 heavy (non-hydrogen) atoms. The van der Waals surface area contributed by atoms with Crippen LogP contribution in [-0.2, 0) is 10.8 Å². The summed E-state index contributed by atoms with van der Waals surface area (Å²) in [6, 6.07) is 117. The number of anilines is 6. The Kier molecular flexibility index (Phi) is 10.7. The molecule has 2 aliphatic carbocycles. The molecule has 0 atom stereocenters. The lowest BCUT2D eigenvalue weighted by Gasteiger charge is -2.35. The minimum absolute atomic E-state index is 0.501.